The number of fused-ring (bicyclic) bond motifs is 1. The number of H-pyrrole nitrogens is 1. The summed E-state index contributed by atoms with van der Waals surface area (Å²) in [5, 5.41) is 19.7. The zero-order valence-corrected chi connectivity index (χ0v) is 19.2. The SMILES string of the molecule is O=C(OCc1nc(C2CC2)c(-c2cccc(-c3cc(F)c4nn[nH]c4c3F)n2)s1)N1CCC(O)C1. The van der Waals surface area contributed by atoms with Crippen molar-refractivity contribution in [2.75, 3.05) is 13.1 Å². The summed E-state index contributed by atoms with van der Waals surface area (Å²) in [5.74, 6) is -1.07. The minimum atomic E-state index is -0.691. The maximum Gasteiger partial charge on any atom is 0.410 e. The zero-order valence-electron chi connectivity index (χ0n) is 18.4. The first-order chi connectivity index (χ1) is 17.0. The number of aliphatic hydroxyl groups is 1. The van der Waals surface area contributed by atoms with E-state index < -0.39 is 23.8 Å². The van der Waals surface area contributed by atoms with Crippen molar-refractivity contribution < 1.29 is 23.4 Å². The van der Waals surface area contributed by atoms with Crippen LogP contribution in [0.2, 0.25) is 0 Å². The summed E-state index contributed by atoms with van der Waals surface area (Å²) in [5.41, 5.74) is 1.46. The molecule has 0 bridgehead atoms. The number of likely N-dealkylation sites (tertiary alicyclic amines) is 1. The summed E-state index contributed by atoms with van der Waals surface area (Å²) in [7, 11) is 0. The Morgan fingerprint density at radius 2 is 2.06 bits per heavy atom. The Morgan fingerprint density at radius 3 is 2.83 bits per heavy atom. The number of aromatic nitrogens is 5. The highest BCUT2D eigenvalue weighted by molar-refractivity contribution is 7.15. The molecule has 0 spiro atoms. The minimum absolute atomic E-state index is 0.00217. The van der Waals surface area contributed by atoms with Gasteiger partial charge in [0.1, 0.15) is 17.1 Å². The number of β-amino-alcohol motifs (C(OH)–C–C–N with tert-alkyl or cyclic N) is 1. The standard InChI is InChI=1S/C23H20F2N6O3S/c24-14-8-13(18(25)21-20(14)28-30-29-21)15-2-1-3-16(26-15)22-19(11-4-5-11)27-17(35-22)10-34-23(33)31-7-6-12(32)9-31/h1-3,8,11-12,32H,4-7,9-10H2,(H,28,29,30). The molecule has 12 heteroatoms. The Kier molecular flexibility index (Phi) is 5.41. The summed E-state index contributed by atoms with van der Waals surface area (Å²) in [6.45, 7) is 0.743. The molecular formula is C23H20F2N6O3S. The molecule has 1 aliphatic heterocycles. The number of amides is 1. The van der Waals surface area contributed by atoms with E-state index >= 15 is 4.39 Å². The quantitative estimate of drug-likeness (QED) is 0.427. The predicted molar refractivity (Wildman–Crippen MR) is 123 cm³/mol. The van der Waals surface area contributed by atoms with Crippen LogP contribution in [0.25, 0.3) is 32.9 Å². The lowest BCUT2D eigenvalue weighted by Crippen LogP contribution is -2.30. The van der Waals surface area contributed by atoms with Crippen LogP contribution in [0.4, 0.5) is 13.6 Å². The molecule has 4 aromatic rings. The van der Waals surface area contributed by atoms with Gasteiger partial charge < -0.3 is 14.7 Å². The van der Waals surface area contributed by atoms with Gasteiger partial charge in [-0.25, -0.2) is 23.5 Å². The lowest BCUT2D eigenvalue weighted by molar-refractivity contribution is 0.0970. The molecule has 6 rings (SSSR count). The van der Waals surface area contributed by atoms with Crippen LogP contribution < -0.4 is 0 Å². The van der Waals surface area contributed by atoms with Crippen LogP contribution in [0, 0.1) is 11.6 Å². The van der Waals surface area contributed by atoms with Crippen molar-refractivity contribution in [1.29, 1.82) is 0 Å². The van der Waals surface area contributed by atoms with Gasteiger partial charge >= 0.3 is 6.09 Å². The van der Waals surface area contributed by atoms with Gasteiger partial charge in [0.2, 0.25) is 0 Å². The molecule has 180 valence electrons. The second-order valence-corrected chi connectivity index (χ2v) is 9.79. The van der Waals surface area contributed by atoms with Crippen LogP contribution in [-0.2, 0) is 11.3 Å². The van der Waals surface area contributed by atoms with Crippen LogP contribution in [0.1, 0.15) is 35.9 Å². The first-order valence-corrected chi connectivity index (χ1v) is 12.1. The molecule has 1 amide bonds. The number of thiazole rings is 1. The fraction of sp³-hybridized carbons (Fsp3) is 0.348. The highest BCUT2D eigenvalue weighted by atomic mass is 32.1. The summed E-state index contributed by atoms with van der Waals surface area (Å²) in [6, 6.07) is 6.22. The van der Waals surface area contributed by atoms with Crippen molar-refractivity contribution in [1.82, 2.24) is 30.3 Å². The Morgan fingerprint density at radius 1 is 1.23 bits per heavy atom. The van der Waals surface area contributed by atoms with Crippen molar-refractivity contribution in [3.05, 3.63) is 46.6 Å². The molecule has 1 unspecified atom stereocenters. The van der Waals surface area contributed by atoms with Gasteiger partial charge in [0, 0.05) is 24.6 Å². The number of nitrogens with zero attached hydrogens (tertiary/aromatic N) is 5. The van der Waals surface area contributed by atoms with Gasteiger partial charge in [0.15, 0.2) is 17.2 Å². The molecule has 1 saturated carbocycles. The largest absolute Gasteiger partial charge is 0.442 e. The van der Waals surface area contributed by atoms with Gasteiger partial charge in [-0.15, -0.1) is 16.4 Å². The molecule has 4 heterocycles. The van der Waals surface area contributed by atoms with E-state index in [9.17, 15) is 14.3 Å². The van der Waals surface area contributed by atoms with Crippen molar-refractivity contribution in [3.8, 4) is 21.8 Å². The summed E-state index contributed by atoms with van der Waals surface area (Å²) >= 11 is 1.37. The van der Waals surface area contributed by atoms with Crippen LogP contribution in [0.3, 0.4) is 0 Å². The number of aromatic amines is 1. The first-order valence-electron chi connectivity index (χ1n) is 11.2. The second-order valence-electron chi connectivity index (χ2n) is 8.70. The molecule has 1 aliphatic carbocycles. The van der Waals surface area contributed by atoms with E-state index in [0.29, 0.717) is 29.6 Å². The van der Waals surface area contributed by atoms with E-state index in [4.69, 9.17) is 9.72 Å². The van der Waals surface area contributed by atoms with Gasteiger partial charge in [-0.05, 0) is 37.5 Å². The Hall–Kier alpha value is -3.51. The average Bonchev–Trinajstić information content (AvgIpc) is 3.24. The molecule has 2 aliphatic rings. The van der Waals surface area contributed by atoms with E-state index in [-0.39, 0.29) is 35.4 Å². The van der Waals surface area contributed by atoms with Gasteiger partial charge in [-0.2, -0.15) is 0 Å². The minimum Gasteiger partial charge on any atom is -0.442 e. The third kappa shape index (κ3) is 4.12. The van der Waals surface area contributed by atoms with Gasteiger partial charge in [-0.1, -0.05) is 11.3 Å². The van der Waals surface area contributed by atoms with Gasteiger partial charge in [-0.3, -0.25) is 5.10 Å². The zero-order chi connectivity index (χ0) is 24.1. The lowest BCUT2D eigenvalue weighted by Gasteiger charge is -2.14. The monoisotopic (exact) mass is 498 g/mol. The summed E-state index contributed by atoms with van der Waals surface area (Å²) in [4.78, 5) is 23.9. The van der Waals surface area contributed by atoms with Crippen molar-refractivity contribution >= 4 is 28.5 Å². The van der Waals surface area contributed by atoms with E-state index in [1.807, 2.05) is 0 Å². The molecule has 0 radical (unpaired) electrons. The molecule has 2 N–H and O–H groups in total. The number of carbonyl (C=O) groups is 1. The lowest BCUT2D eigenvalue weighted by atomic mass is 10.1. The summed E-state index contributed by atoms with van der Waals surface area (Å²) in [6.07, 6.45) is 1.55. The van der Waals surface area contributed by atoms with Crippen LogP contribution in [0.5, 0.6) is 0 Å². The van der Waals surface area contributed by atoms with E-state index in [2.05, 4.69) is 20.4 Å². The molecule has 9 nitrogen and oxygen atoms in total. The normalized spacial score (nSPS) is 17.9. The molecule has 2 fully saturated rings. The molecular weight excluding hydrogens is 478 g/mol. The van der Waals surface area contributed by atoms with Crippen molar-refractivity contribution in [2.24, 2.45) is 0 Å². The number of rotatable bonds is 5. The van der Waals surface area contributed by atoms with E-state index in [0.717, 1.165) is 29.5 Å². The fourth-order valence-corrected chi connectivity index (χ4v) is 5.25. The van der Waals surface area contributed by atoms with Crippen molar-refractivity contribution in [2.45, 2.75) is 37.9 Å². The highest BCUT2D eigenvalue weighted by Crippen LogP contribution is 2.46. The fourth-order valence-electron chi connectivity index (χ4n) is 4.22. The third-order valence-electron chi connectivity index (χ3n) is 6.16. The molecule has 1 atom stereocenters. The van der Waals surface area contributed by atoms with Crippen LogP contribution >= 0.6 is 11.3 Å². The van der Waals surface area contributed by atoms with Gasteiger partial charge in [0.05, 0.1) is 28.1 Å². The third-order valence-corrected chi connectivity index (χ3v) is 7.23. The first kappa shape index (κ1) is 22.0. The van der Waals surface area contributed by atoms with Crippen molar-refractivity contribution in [3.63, 3.8) is 0 Å². The molecule has 35 heavy (non-hydrogen) atoms. The second kappa shape index (κ2) is 8.61. The summed E-state index contributed by atoms with van der Waals surface area (Å²) < 4.78 is 34.9. The number of ether oxygens (including phenoxy) is 1. The molecule has 3 aromatic heterocycles. The smallest absolute Gasteiger partial charge is 0.410 e. The Labute approximate surface area is 201 Å². The number of hydrogen-bond donors (Lipinski definition) is 2. The number of nitrogens with one attached hydrogen (secondary N) is 1. The number of carbonyl (C=O) groups excluding carboxylic acids is 1. The number of halogens is 2. The topological polar surface area (TPSA) is 117 Å². The Balaban J connectivity index is 1.30. The van der Waals surface area contributed by atoms with Crippen LogP contribution in [-0.4, -0.2) is 60.7 Å². The average molecular weight is 499 g/mol. The highest BCUT2D eigenvalue weighted by Gasteiger charge is 2.31. The van der Waals surface area contributed by atoms with Gasteiger partial charge in [0.25, 0.3) is 0 Å². The number of pyridine rings is 1. The number of benzene rings is 1. The Bertz CT molecular complexity index is 1440. The molecule has 1 saturated heterocycles. The van der Waals surface area contributed by atoms with E-state index in [1.54, 1.807) is 18.2 Å². The number of hydrogen-bond acceptors (Lipinski definition) is 8. The number of aliphatic hydroxyl groups excluding tert-OH is 1. The maximum absolute atomic E-state index is 15.1. The molecule has 1 aromatic carbocycles. The van der Waals surface area contributed by atoms with E-state index in [1.165, 1.54) is 16.2 Å². The maximum atomic E-state index is 15.1. The van der Waals surface area contributed by atoms with Crippen LogP contribution in [0.15, 0.2) is 24.3 Å². The predicted octanol–water partition coefficient (Wildman–Crippen LogP) is 4.00.